The molecule has 0 radical (unpaired) electrons. The van der Waals surface area contributed by atoms with E-state index in [0.717, 1.165) is 10.5 Å². The van der Waals surface area contributed by atoms with Gasteiger partial charge >= 0.3 is 5.97 Å². The van der Waals surface area contributed by atoms with Crippen molar-refractivity contribution in [2.45, 2.75) is 11.8 Å². The molecular weight excluding hydrogens is 326 g/mol. The van der Waals surface area contributed by atoms with Crippen molar-refractivity contribution in [2.75, 3.05) is 24.8 Å². The summed E-state index contributed by atoms with van der Waals surface area (Å²) in [5.41, 5.74) is 1.77. The lowest BCUT2D eigenvalue weighted by Gasteiger charge is -2.08. The van der Waals surface area contributed by atoms with Crippen LogP contribution in [0.3, 0.4) is 0 Å². The smallest absolute Gasteiger partial charge is 0.344 e. The van der Waals surface area contributed by atoms with Gasteiger partial charge in [-0.1, -0.05) is 23.8 Å². The first-order valence-electron chi connectivity index (χ1n) is 7.36. The van der Waals surface area contributed by atoms with E-state index >= 15 is 0 Å². The average Bonchev–Trinajstić information content (AvgIpc) is 2.59. The fourth-order valence-corrected chi connectivity index (χ4v) is 2.32. The average molecular weight is 345 g/mol. The highest BCUT2D eigenvalue weighted by Crippen LogP contribution is 2.18. The molecule has 0 spiro atoms. The number of anilines is 1. The molecule has 2 rings (SSSR count). The molecular formula is C18H19NO4S. The largest absolute Gasteiger partial charge is 0.482 e. The molecule has 0 atom stereocenters. The number of benzene rings is 2. The summed E-state index contributed by atoms with van der Waals surface area (Å²) in [5.74, 6) is -0.406. The number of aryl methyl sites for hydroxylation is 1. The van der Waals surface area contributed by atoms with Gasteiger partial charge in [-0.3, -0.25) is 4.79 Å². The van der Waals surface area contributed by atoms with Crippen molar-refractivity contribution in [1.29, 1.82) is 0 Å². The van der Waals surface area contributed by atoms with Crippen LogP contribution in [-0.4, -0.2) is 31.3 Å². The molecule has 0 saturated heterocycles. The van der Waals surface area contributed by atoms with Gasteiger partial charge < -0.3 is 14.8 Å². The lowest BCUT2D eigenvalue weighted by molar-refractivity contribution is -0.149. The summed E-state index contributed by atoms with van der Waals surface area (Å²) in [7, 11) is 0. The first-order valence-corrected chi connectivity index (χ1v) is 8.58. The van der Waals surface area contributed by atoms with Crippen molar-refractivity contribution in [3.63, 3.8) is 0 Å². The van der Waals surface area contributed by atoms with E-state index in [1.165, 1.54) is 0 Å². The molecule has 0 fully saturated rings. The van der Waals surface area contributed by atoms with Gasteiger partial charge in [-0.2, -0.15) is 0 Å². The number of hydrogen-bond acceptors (Lipinski definition) is 5. The van der Waals surface area contributed by atoms with Crippen molar-refractivity contribution < 1.29 is 19.1 Å². The van der Waals surface area contributed by atoms with Gasteiger partial charge in [0.05, 0.1) is 0 Å². The van der Waals surface area contributed by atoms with Crippen molar-refractivity contribution in [3.05, 3.63) is 54.1 Å². The molecule has 5 nitrogen and oxygen atoms in total. The zero-order valence-electron chi connectivity index (χ0n) is 13.6. The number of carbonyl (C=O) groups is 2. The Hall–Kier alpha value is -2.47. The van der Waals surface area contributed by atoms with Gasteiger partial charge in [0, 0.05) is 10.6 Å². The van der Waals surface area contributed by atoms with Crippen LogP contribution < -0.4 is 10.1 Å². The number of esters is 1. The van der Waals surface area contributed by atoms with Gasteiger partial charge in [0.25, 0.3) is 5.91 Å². The van der Waals surface area contributed by atoms with Crippen LogP contribution in [0, 0.1) is 6.92 Å². The zero-order valence-corrected chi connectivity index (χ0v) is 14.4. The molecule has 2 aromatic rings. The lowest BCUT2D eigenvalue weighted by Crippen LogP contribution is -2.23. The molecule has 0 bridgehead atoms. The molecule has 0 aliphatic heterocycles. The predicted molar refractivity (Wildman–Crippen MR) is 94.5 cm³/mol. The highest BCUT2D eigenvalue weighted by Gasteiger charge is 2.09. The lowest BCUT2D eigenvalue weighted by atomic mass is 10.2. The van der Waals surface area contributed by atoms with E-state index in [2.05, 4.69) is 5.32 Å². The fraction of sp³-hybridized carbons (Fsp3) is 0.222. The van der Waals surface area contributed by atoms with Crippen molar-refractivity contribution >= 4 is 29.3 Å². The van der Waals surface area contributed by atoms with Crippen molar-refractivity contribution in [3.8, 4) is 5.75 Å². The summed E-state index contributed by atoms with van der Waals surface area (Å²) >= 11 is 1.58. The fourth-order valence-electron chi connectivity index (χ4n) is 1.86. The topological polar surface area (TPSA) is 64.6 Å². The quantitative estimate of drug-likeness (QED) is 0.616. The molecule has 24 heavy (non-hydrogen) atoms. The van der Waals surface area contributed by atoms with Crippen LogP contribution in [0.2, 0.25) is 0 Å². The van der Waals surface area contributed by atoms with Crippen LogP contribution in [0.5, 0.6) is 5.75 Å². The van der Waals surface area contributed by atoms with E-state index in [9.17, 15) is 9.59 Å². The summed E-state index contributed by atoms with van der Waals surface area (Å²) < 4.78 is 10.2. The Kier molecular flexibility index (Phi) is 6.69. The molecule has 1 N–H and O–H groups in total. The zero-order chi connectivity index (χ0) is 17.4. The van der Waals surface area contributed by atoms with E-state index in [0.29, 0.717) is 11.4 Å². The molecule has 2 aromatic carbocycles. The van der Waals surface area contributed by atoms with Gasteiger partial charge in [0.15, 0.2) is 13.2 Å². The van der Waals surface area contributed by atoms with Crippen LogP contribution in [0.25, 0.3) is 0 Å². The van der Waals surface area contributed by atoms with Gasteiger partial charge in [0.2, 0.25) is 0 Å². The van der Waals surface area contributed by atoms with E-state index in [-0.39, 0.29) is 13.2 Å². The van der Waals surface area contributed by atoms with Gasteiger partial charge in [0.1, 0.15) is 5.75 Å². The number of nitrogens with one attached hydrogen (secondary N) is 1. The van der Waals surface area contributed by atoms with E-state index in [1.54, 1.807) is 30.0 Å². The number of rotatable bonds is 7. The Morgan fingerprint density at radius 1 is 1.08 bits per heavy atom. The highest BCUT2D eigenvalue weighted by atomic mass is 32.2. The van der Waals surface area contributed by atoms with E-state index in [1.807, 2.05) is 43.5 Å². The molecule has 6 heteroatoms. The minimum Gasteiger partial charge on any atom is -0.482 e. The summed E-state index contributed by atoms with van der Waals surface area (Å²) in [6.45, 7) is 1.38. The van der Waals surface area contributed by atoms with Crippen LogP contribution in [-0.2, 0) is 14.3 Å². The summed E-state index contributed by atoms with van der Waals surface area (Å²) in [6.07, 6.45) is 1.96. The predicted octanol–water partition coefficient (Wildman–Crippen LogP) is 3.28. The number of ether oxygens (including phenoxy) is 2. The molecule has 0 aromatic heterocycles. The molecule has 0 aliphatic rings. The number of carbonyl (C=O) groups excluding carboxylic acids is 2. The maximum atomic E-state index is 11.8. The molecule has 0 aliphatic carbocycles. The SMILES string of the molecule is CSc1cccc(NC(=O)COC(=O)COc2ccc(C)cc2)c1. The van der Waals surface area contributed by atoms with Crippen molar-refractivity contribution in [1.82, 2.24) is 0 Å². The van der Waals surface area contributed by atoms with Crippen LogP contribution in [0.1, 0.15) is 5.56 Å². The van der Waals surface area contributed by atoms with Gasteiger partial charge in [-0.15, -0.1) is 11.8 Å². The minimum absolute atomic E-state index is 0.238. The van der Waals surface area contributed by atoms with Crippen LogP contribution in [0.15, 0.2) is 53.4 Å². The number of hydrogen-bond donors (Lipinski definition) is 1. The normalized spacial score (nSPS) is 10.1. The first-order chi connectivity index (χ1) is 11.6. The van der Waals surface area contributed by atoms with Gasteiger partial charge in [-0.05, 0) is 43.5 Å². The summed E-state index contributed by atoms with van der Waals surface area (Å²) in [5, 5.41) is 2.68. The highest BCUT2D eigenvalue weighted by molar-refractivity contribution is 7.98. The summed E-state index contributed by atoms with van der Waals surface area (Å²) in [4.78, 5) is 24.4. The molecule has 0 saturated carbocycles. The molecule has 0 heterocycles. The van der Waals surface area contributed by atoms with E-state index in [4.69, 9.17) is 9.47 Å². The standard InChI is InChI=1S/C18H19NO4S/c1-13-6-8-15(9-7-13)22-12-18(21)23-11-17(20)19-14-4-3-5-16(10-14)24-2/h3-10H,11-12H2,1-2H3,(H,19,20). The third-order valence-electron chi connectivity index (χ3n) is 3.10. The monoisotopic (exact) mass is 345 g/mol. The maximum absolute atomic E-state index is 11.8. The van der Waals surface area contributed by atoms with Crippen LogP contribution >= 0.6 is 11.8 Å². The molecule has 0 unspecified atom stereocenters. The Balaban J connectivity index is 1.72. The number of thioether (sulfide) groups is 1. The maximum Gasteiger partial charge on any atom is 0.344 e. The van der Waals surface area contributed by atoms with Gasteiger partial charge in [-0.25, -0.2) is 4.79 Å². The Morgan fingerprint density at radius 2 is 1.83 bits per heavy atom. The number of amides is 1. The van der Waals surface area contributed by atoms with Crippen molar-refractivity contribution in [2.24, 2.45) is 0 Å². The second kappa shape index (κ2) is 8.98. The third-order valence-corrected chi connectivity index (χ3v) is 3.82. The Morgan fingerprint density at radius 3 is 2.54 bits per heavy atom. The third kappa shape index (κ3) is 5.96. The second-order valence-corrected chi connectivity index (χ2v) is 5.92. The Bertz CT molecular complexity index is 700. The Labute approximate surface area is 145 Å². The first kappa shape index (κ1) is 17.9. The minimum atomic E-state index is -0.594. The molecule has 1 amide bonds. The molecule has 126 valence electrons. The second-order valence-electron chi connectivity index (χ2n) is 5.04. The summed E-state index contributed by atoms with van der Waals surface area (Å²) in [6, 6.07) is 14.7. The van der Waals surface area contributed by atoms with Crippen LogP contribution in [0.4, 0.5) is 5.69 Å². The van der Waals surface area contributed by atoms with E-state index < -0.39 is 11.9 Å².